The molecule has 2 heterocycles. The van der Waals surface area contributed by atoms with Gasteiger partial charge in [0.15, 0.2) is 5.96 Å². The van der Waals surface area contributed by atoms with Gasteiger partial charge in [0.1, 0.15) is 0 Å². The van der Waals surface area contributed by atoms with Gasteiger partial charge in [0.05, 0.1) is 25.7 Å². The number of hydrogen-bond donors (Lipinski definition) is 2. The van der Waals surface area contributed by atoms with Crippen LogP contribution < -0.4 is 11.5 Å². The molecule has 1 aromatic rings. The van der Waals surface area contributed by atoms with E-state index in [0.29, 0.717) is 25.7 Å². The molecule has 2 aliphatic rings. The van der Waals surface area contributed by atoms with Gasteiger partial charge in [-0.05, 0) is 30.5 Å². The molecule has 4 N–H and O–H groups in total. The van der Waals surface area contributed by atoms with Gasteiger partial charge in [0, 0.05) is 26.2 Å². The highest BCUT2D eigenvalue weighted by atomic mass is 127. The predicted octanol–water partition coefficient (Wildman–Crippen LogP) is 1.15. The van der Waals surface area contributed by atoms with E-state index in [1.807, 2.05) is 0 Å². The molecule has 8 heteroatoms. The number of hydrogen-bond acceptors (Lipinski definition) is 4. The third kappa shape index (κ3) is 6.62. The van der Waals surface area contributed by atoms with Crippen LogP contribution in [0.25, 0.3) is 0 Å². The maximum Gasteiger partial charge on any atom is 0.221 e. The van der Waals surface area contributed by atoms with E-state index in [0.717, 1.165) is 51.1 Å². The maximum absolute atomic E-state index is 11.4. The smallest absolute Gasteiger partial charge is 0.221 e. The van der Waals surface area contributed by atoms with E-state index < -0.39 is 0 Å². The van der Waals surface area contributed by atoms with Crippen LogP contribution in [0.1, 0.15) is 24.0 Å². The van der Waals surface area contributed by atoms with Crippen LogP contribution in [0.15, 0.2) is 29.3 Å². The molecule has 1 atom stereocenters. The fourth-order valence-electron chi connectivity index (χ4n) is 3.58. The topological polar surface area (TPSA) is 97.2 Å². The highest BCUT2D eigenvalue weighted by molar-refractivity contribution is 14.0. The Morgan fingerprint density at radius 1 is 1.19 bits per heavy atom. The van der Waals surface area contributed by atoms with Crippen molar-refractivity contribution >= 4 is 35.8 Å². The summed E-state index contributed by atoms with van der Waals surface area (Å²) in [7, 11) is 0. The molecule has 0 aromatic heterocycles. The monoisotopic (exact) mass is 487 g/mol. The fraction of sp³-hybridized carbons (Fsp3) is 0.579. The van der Waals surface area contributed by atoms with Crippen molar-refractivity contribution in [2.75, 3.05) is 39.4 Å². The number of aliphatic imine (C=N–C) groups is 1. The number of guanidine groups is 1. The lowest BCUT2D eigenvalue weighted by molar-refractivity contribution is -0.123. The van der Waals surface area contributed by atoms with Crippen molar-refractivity contribution in [3.8, 4) is 0 Å². The van der Waals surface area contributed by atoms with Crippen molar-refractivity contribution in [2.45, 2.75) is 25.9 Å². The Bertz CT molecular complexity index is 649. The van der Waals surface area contributed by atoms with Gasteiger partial charge in [0.2, 0.25) is 5.91 Å². The first-order valence-electron chi connectivity index (χ1n) is 9.34. The second-order valence-electron chi connectivity index (χ2n) is 7.07. The number of morpholine rings is 1. The molecule has 1 unspecified atom stereocenters. The third-order valence-electron chi connectivity index (χ3n) is 5.06. The van der Waals surface area contributed by atoms with Gasteiger partial charge in [-0.1, -0.05) is 24.3 Å². The Labute approximate surface area is 178 Å². The lowest BCUT2D eigenvalue weighted by atomic mass is 9.97. The molecule has 27 heavy (non-hydrogen) atoms. The minimum atomic E-state index is -0.184. The van der Waals surface area contributed by atoms with Crippen LogP contribution in [0.2, 0.25) is 0 Å². The molecular weight excluding hydrogens is 457 g/mol. The normalized spacial score (nSPS) is 21.6. The second kappa shape index (κ2) is 10.8. The summed E-state index contributed by atoms with van der Waals surface area (Å²) in [5, 5.41) is 0. The Balaban J connectivity index is 0.00000261. The molecule has 1 aromatic carbocycles. The van der Waals surface area contributed by atoms with E-state index in [4.69, 9.17) is 16.2 Å². The van der Waals surface area contributed by atoms with E-state index in [1.54, 1.807) is 0 Å². The summed E-state index contributed by atoms with van der Waals surface area (Å²) >= 11 is 0. The van der Waals surface area contributed by atoms with Crippen molar-refractivity contribution in [1.29, 1.82) is 0 Å². The number of ether oxygens (including phenoxy) is 1. The number of carbonyl (C=O) groups excluding carboxylic acids is 1. The van der Waals surface area contributed by atoms with Gasteiger partial charge in [0.25, 0.3) is 0 Å². The van der Waals surface area contributed by atoms with Crippen molar-refractivity contribution in [3.05, 3.63) is 35.4 Å². The zero-order valence-electron chi connectivity index (χ0n) is 15.7. The largest absolute Gasteiger partial charge is 0.378 e. The average molecular weight is 487 g/mol. The van der Waals surface area contributed by atoms with E-state index in [1.165, 1.54) is 5.56 Å². The summed E-state index contributed by atoms with van der Waals surface area (Å²) in [5.41, 5.74) is 13.9. The van der Waals surface area contributed by atoms with Crippen molar-refractivity contribution < 1.29 is 9.53 Å². The number of primary amides is 1. The second-order valence-corrected chi connectivity index (χ2v) is 7.07. The number of piperidine rings is 1. The van der Waals surface area contributed by atoms with Gasteiger partial charge >= 0.3 is 0 Å². The Hall–Kier alpha value is -1.39. The summed E-state index contributed by atoms with van der Waals surface area (Å²) in [6, 6.07) is 8.42. The molecule has 0 saturated carbocycles. The summed E-state index contributed by atoms with van der Waals surface area (Å²) in [6.45, 7) is 6.16. The van der Waals surface area contributed by atoms with Crippen LogP contribution in [-0.4, -0.2) is 61.1 Å². The van der Waals surface area contributed by atoms with Crippen LogP contribution in [0.3, 0.4) is 0 Å². The molecule has 2 aliphatic heterocycles. The first kappa shape index (κ1) is 21.9. The molecule has 7 nitrogen and oxygen atoms in total. The number of benzene rings is 1. The molecule has 3 rings (SSSR count). The summed E-state index contributed by atoms with van der Waals surface area (Å²) in [6.07, 6.45) is 1.93. The van der Waals surface area contributed by atoms with Crippen LogP contribution >= 0.6 is 24.0 Å². The molecule has 2 fully saturated rings. The summed E-state index contributed by atoms with van der Waals surface area (Å²) in [4.78, 5) is 20.3. The Kier molecular flexibility index (Phi) is 8.78. The number of carbonyl (C=O) groups is 1. The Morgan fingerprint density at radius 3 is 2.67 bits per heavy atom. The van der Waals surface area contributed by atoms with Gasteiger partial charge in [-0.3, -0.25) is 9.69 Å². The number of nitrogens with two attached hydrogens (primary N) is 2. The fourth-order valence-corrected chi connectivity index (χ4v) is 3.58. The molecular formula is C19H30IN5O2. The standard InChI is InChI=1S/C19H29N5O2.HI/c20-18(25)17-5-2-6-23(14-17)13-16-4-1-3-15(11-16)12-22-19(21)24-7-9-26-10-8-24;/h1,3-4,11,17H,2,5-10,12-14H2,(H2,20,25)(H2,21,22);1H. The van der Waals surface area contributed by atoms with Gasteiger partial charge in [-0.2, -0.15) is 0 Å². The van der Waals surface area contributed by atoms with E-state index in [2.05, 4.69) is 39.1 Å². The minimum Gasteiger partial charge on any atom is -0.378 e. The lowest BCUT2D eigenvalue weighted by Gasteiger charge is -2.31. The van der Waals surface area contributed by atoms with E-state index >= 15 is 0 Å². The quantitative estimate of drug-likeness (QED) is 0.369. The molecule has 0 spiro atoms. The zero-order valence-corrected chi connectivity index (χ0v) is 18.0. The van der Waals surface area contributed by atoms with E-state index in [-0.39, 0.29) is 35.8 Å². The SMILES string of the molecule is I.NC(=O)C1CCCN(Cc2cccc(CN=C(N)N3CCOCC3)c2)C1. The van der Waals surface area contributed by atoms with Crippen molar-refractivity contribution in [3.63, 3.8) is 0 Å². The van der Waals surface area contributed by atoms with Crippen molar-refractivity contribution in [2.24, 2.45) is 22.4 Å². The van der Waals surface area contributed by atoms with Gasteiger partial charge in [-0.15, -0.1) is 24.0 Å². The zero-order chi connectivity index (χ0) is 18.4. The molecule has 1 amide bonds. The molecule has 0 radical (unpaired) electrons. The minimum absolute atomic E-state index is 0. The number of halogens is 1. The lowest BCUT2D eigenvalue weighted by Crippen LogP contribution is -2.44. The van der Waals surface area contributed by atoms with Crippen LogP contribution in [0.4, 0.5) is 0 Å². The summed E-state index contributed by atoms with van der Waals surface area (Å²) in [5.74, 6) is 0.375. The first-order valence-corrected chi connectivity index (χ1v) is 9.34. The van der Waals surface area contributed by atoms with Crippen LogP contribution in [0.5, 0.6) is 0 Å². The molecule has 150 valence electrons. The number of amides is 1. The van der Waals surface area contributed by atoms with Crippen LogP contribution in [-0.2, 0) is 22.6 Å². The number of likely N-dealkylation sites (tertiary alicyclic amines) is 1. The number of nitrogens with zero attached hydrogens (tertiary/aromatic N) is 3. The third-order valence-corrected chi connectivity index (χ3v) is 5.06. The summed E-state index contributed by atoms with van der Waals surface area (Å²) < 4.78 is 5.34. The van der Waals surface area contributed by atoms with Crippen molar-refractivity contribution in [1.82, 2.24) is 9.80 Å². The molecule has 0 bridgehead atoms. The highest BCUT2D eigenvalue weighted by Gasteiger charge is 2.23. The molecule has 0 aliphatic carbocycles. The highest BCUT2D eigenvalue weighted by Crippen LogP contribution is 2.19. The van der Waals surface area contributed by atoms with E-state index in [9.17, 15) is 4.79 Å². The number of rotatable bonds is 5. The maximum atomic E-state index is 11.4. The Morgan fingerprint density at radius 2 is 1.93 bits per heavy atom. The average Bonchev–Trinajstić information content (AvgIpc) is 2.67. The first-order chi connectivity index (χ1) is 12.6. The van der Waals surface area contributed by atoms with Crippen LogP contribution in [0, 0.1) is 5.92 Å². The molecule has 2 saturated heterocycles. The predicted molar refractivity (Wildman–Crippen MR) is 117 cm³/mol. The van der Waals surface area contributed by atoms with Gasteiger partial charge < -0.3 is 21.1 Å². The van der Waals surface area contributed by atoms with Gasteiger partial charge in [-0.25, -0.2) is 4.99 Å².